The summed E-state index contributed by atoms with van der Waals surface area (Å²) in [4.78, 5) is 19.6. The van der Waals surface area contributed by atoms with Crippen molar-refractivity contribution >= 4 is 15.9 Å². The molecule has 104 valence electrons. The predicted octanol–water partition coefficient (Wildman–Crippen LogP) is 3.61. The molecule has 0 amide bonds. The minimum absolute atomic E-state index is 0.0666. The molecule has 1 aromatic carbocycles. The van der Waals surface area contributed by atoms with E-state index in [4.69, 9.17) is 0 Å². The fraction of sp³-hybridized carbons (Fsp3) is 0.333. The highest BCUT2D eigenvalue weighted by atomic mass is 79.9. The molecule has 0 aliphatic heterocycles. The SMILES string of the molecule is O=c1[nH]c(-c2ccc(F)cc2Br)nc2c1CCCCC2. The topological polar surface area (TPSA) is 45.8 Å². The van der Waals surface area contributed by atoms with Crippen LogP contribution in [0.4, 0.5) is 4.39 Å². The highest BCUT2D eigenvalue weighted by Crippen LogP contribution is 2.27. The smallest absolute Gasteiger partial charge is 0.254 e. The van der Waals surface area contributed by atoms with Gasteiger partial charge in [0.05, 0.1) is 5.69 Å². The third kappa shape index (κ3) is 2.54. The number of H-pyrrole nitrogens is 1. The third-order valence-corrected chi connectivity index (χ3v) is 4.28. The molecule has 1 aliphatic rings. The summed E-state index contributed by atoms with van der Waals surface area (Å²) in [5.74, 6) is 0.181. The van der Waals surface area contributed by atoms with E-state index in [2.05, 4.69) is 25.9 Å². The van der Waals surface area contributed by atoms with E-state index >= 15 is 0 Å². The molecule has 2 aromatic rings. The van der Waals surface area contributed by atoms with Crippen LogP contribution in [0.1, 0.15) is 30.5 Å². The normalized spacial score (nSPS) is 14.7. The molecule has 0 unspecified atom stereocenters. The molecule has 1 heterocycles. The molecule has 3 rings (SSSR count). The Kier molecular flexibility index (Phi) is 3.70. The van der Waals surface area contributed by atoms with E-state index in [1.54, 1.807) is 6.07 Å². The lowest BCUT2D eigenvalue weighted by Crippen LogP contribution is -2.18. The lowest BCUT2D eigenvalue weighted by molar-refractivity contribution is 0.627. The minimum atomic E-state index is -0.322. The lowest BCUT2D eigenvalue weighted by atomic mass is 10.1. The standard InChI is InChI=1S/C15H14BrFN2O/c16-12-8-9(17)6-7-10(12)14-18-13-5-3-1-2-4-11(13)15(20)19-14/h6-8H,1-5H2,(H,18,19,20). The van der Waals surface area contributed by atoms with Crippen LogP contribution in [0, 0.1) is 5.82 Å². The van der Waals surface area contributed by atoms with Gasteiger partial charge in [0.15, 0.2) is 0 Å². The van der Waals surface area contributed by atoms with E-state index in [0.29, 0.717) is 15.9 Å². The summed E-state index contributed by atoms with van der Waals surface area (Å²) in [5, 5.41) is 0. The van der Waals surface area contributed by atoms with E-state index in [1.165, 1.54) is 12.1 Å². The van der Waals surface area contributed by atoms with Crippen LogP contribution in [0.25, 0.3) is 11.4 Å². The second kappa shape index (κ2) is 5.48. The highest BCUT2D eigenvalue weighted by Gasteiger charge is 2.16. The van der Waals surface area contributed by atoms with Gasteiger partial charge in [-0.25, -0.2) is 9.37 Å². The van der Waals surface area contributed by atoms with Crippen LogP contribution in [0.5, 0.6) is 0 Å². The molecule has 0 fully saturated rings. The number of nitrogens with zero attached hydrogens (tertiary/aromatic N) is 1. The van der Waals surface area contributed by atoms with E-state index in [1.807, 2.05) is 0 Å². The first-order chi connectivity index (χ1) is 9.65. The van der Waals surface area contributed by atoms with Gasteiger partial charge in [-0.3, -0.25) is 4.79 Å². The van der Waals surface area contributed by atoms with Crippen LogP contribution < -0.4 is 5.56 Å². The summed E-state index contributed by atoms with van der Waals surface area (Å²) in [7, 11) is 0. The molecule has 0 spiro atoms. The first kappa shape index (κ1) is 13.5. The molecule has 0 atom stereocenters. The number of aromatic amines is 1. The Morgan fingerprint density at radius 2 is 2.00 bits per heavy atom. The summed E-state index contributed by atoms with van der Waals surface area (Å²) < 4.78 is 13.7. The molecule has 0 radical (unpaired) electrons. The van der Waals surface area contributed by atoms with E-state index < -0.39 is 0 Å². The second-order valence-electron chi connectivity index (χ2n) is 5.02. The molecular weight excluding hydrogens is 323 g/mol. The number of nitrogens with one attached hydrogen (secondary N) is 1. The molecule has 0 saturated heterocycles. The quantitative estimate of drug-likeness (QED) is 0.808. The number of halogens is 2. The Labute approximate surface area is 124 Å². The monoisotopic (exact) mass is 336 g/mol. The van der Waals surface area contributed by atoms with Crippen LogP contribution >= 0.6 is 15.9 Å². The maximum absolute atomic E-state index is 13.1. The average molecular weight is 337 g/mol. The van der Waals surface area contributed by atoms with Gasteiger partial charge in [0, 0.05) is 15.6 Å². The van der Waals surface area contributed by atoms with E-state index in [9.17, 15) is 9.18 Å². The van der Waals surface area contributed by atoms with Crippen molar-refractivity contribution < 1.29 is 4.39 Å². The van der Waals surface area contributed by atoms with Crippen molar-refractivity contribution in [2.75, 3.05) is 0 Å². The number of benzene rings is 1. The fourth-order valence-electron chi connectivity index (χ4n) is 2.59. The maximum Gasteiger partial charge on any atom is 0.254 e. The Balaban J connectivity index is 2.13. The van der Waals surface area contributed by atoms with Gasteiger partial charge in [-0.05, 0) is 59.8 Å². The van der Waals surface area contributed by atoms with Crippen molar-refractivity contribution in [2.24, 2.45) is 0 Å². The van der Waals surface area contributed by atoms with Gasteiger partial charge in [0.2, 0.25) is 0 Å². The molecule has 1 aliphatic carbocycles. The summed E-state index contributed by atoms with van der Waals surface area (Å²) in [6.07, 6.45) is 4.86. The zero-order chi connectivity index (χ0) is 14.1. The third-order valence-electron chi connectivity index (χ3n) is 3.63. The Hall–Kier alpha value is -1.49. The number of aryl methyl sites for hydroxylation is 1. The molecule has 0 bridgehead atoms. The van der Waals surface area contributed by atoms with Gasteiger partial charge < -0.3 is 4.98 Å². The van der Waals surface area contributed by atoms with Crippen molar-refractivity contribution in [2.45, 2.75) is 32.1 Å². The van der Waals surface area contributed by atoms with Crippen LogP contribution in [0.3, 0.4) is 0 Å². The summed E-state index contributed by atoms with van der Waals surface area (Å²) in [5.41, 5.74) is 2.33. The molecule has 3 nitrogen and oxygen atoms in total. The van der Waals surface area contributed by atoms with E-state index in [-0.39, 0.29) is 11.4 Å². The number of rotatable bonds is 1. The van der Waals surface area contributed by atoms with Gasteiger partial charge >= 0.3 is 0 Å². The fourth-order valence-corrected chi connectivity index (χ4v) is 3.13. The van der Waals surface area contributed by atoms with Gasteiger partial charge in [0.1, 0.15) is 11.6 Å². The van der Waals surface area contributed by atoms with Gasteiger partial charge in [-0.2, -0.15) is 0 Å². The largest absolute Gasteiger partial charge is 0.306 e. The molecular formula is C15H14BrFN2O. The van der Waals surface area contributed by atoms with Crippen molar-refractivity contribution in [3.05, 3.63) is 50.1 Å². The zero-order valence-corrected chi connectivity index (χ0v) is 12.5. The minimum Gasteiger partial charge on any atom is -0.306 e. The van der Waals surface area contributed by atoms with Crippen LogP contribution in [-0.4, -0.2) is 9.97 Å². The number of hydrogen-bond acceptors (Lipinski definition) is 2. The zero-order valence-electron chi connectivity index (χ0n) is 10.9. The summed E-state index contributed by atoms with van der Waals surface area (Å²) in [6, 6.07) is 4.37. The van der Waals surface area contributed by atoms with Crippen molar-refractivity contribution in [3.63, 3.8) is 0 Å². The molecule has 20 heavy (non-hydrogen) atoms. The molecule has 0 saturated carbocycles. The van der Waals surface area contributed by atoms with Crippen molar-refractivity contribution in [3.8, 4) is 11.4 Å². The lowest BCUT2D eigenvalue weighted by Gasteiger charge is -2.09. The number of hydrogen-bond donors (Lipinski definition) is 1. The first-order valence-corrected chi connectivity index (χ1v) is 7.52. The van der Waals surface area contributed by atoms with Crippen molar-refractivity contribution in [1.82, 2.24) is 9.97 Å². The maximum atomic E-state index is 13.1. The van der Waals surface area contributed by atoms with Crippen LogP contribution in [-0.2, 0) is 12.8 Å². The van der Waals surface area contributed by atoms with Gasteiger partial charge in [-0.15, -0.1) is 0 Å². The van der Waals surface area contributed by atoms with E-state index in [0.717, 1.165) is 43.4 Å². The summed E-state index contributed by atoms with van der Waals surface area (Å²) in [6.45, 7) is 0. The number of fused-ring (bicyclic) bond motifs is 1. The second-order valence-corrected chi connectivity index (χ2v) is 5.88. The Morgan fingerprint density at radius 1 is 1.20 bits per heavy atom. The molecule has 1 aromatic heterocycles. The highest BCUT2D eigenvalue weighted by molar-refractivity contribution is 9.10. The van der Waals surface area contributed by atoms with Crippen LogP contribution in [0.15, 0.2) is 27.5 Å². The Bertz CT molecular complexity index is 712. The van der Waals surface area contributed by atoms with Crippen LogP contribution in [0.2, 0.25) is 0 Å². The number of aromatic nitrogens is 2. The molecule has 1 N–H and O–H groups in total. The van der Waals surface area contributed by atoms with Gasteiger partial charge in [0.25, 0.3) is 5.56 Å². The Morgan fingerprint density at radius 3 is 2.80 bits per heavy atom. The van der Waals surface area contributed by atoms with Gasteiger partial charge in [-0.1, -0.05) is 6.42 Å². The first-order valence-electron chi connectivity index (χ1n) is 6.72. The summed E-state index contributed by atoms with van der Waals surface area (Å²) >= 11 is 3.32. The predicted molar refractivity (Wildman–Crippen MR) is 79.2 cm³/mol. The average Bonchev–Trinajstić information content (AvgIpc) is 2.64. The molecule has 5 heteroatoms. The van der Waals surface area contributed by atoms with Crippen molar-refractivity contribution in [1.29, 1.82) is 0 Å².